The van der Waals surface area contributed by atoms with E-state index in [1.54, 1.807) is 24.3 Å². The van der Waals surface area contributed by atoms with Crippen LogP contribution >= 0.6 is 0 Å². The maximum Gasteiger partial charge on any atom is 0.302 e. The van der Waals surface area contributed by atoms with Crippen molar-refractivity contribution in [3.05, 3.63) is 30.3 Å². The largest absolute Gasteiger partial charge is 0.461 e. The fourth-order valence-corrected chi connectivity index (χ4v) is 5.54. The molecule has 0 bridgehead atoms. The molecule has 160 valence electrons. The fourth-order valence-electron chi connectivity index (χ4n) is 3.58. The van der Waals surface area contributed by atoms with Crippen LogP contribution in [0.4, 0.5) is 0 Å². The molecule has 0 amide bonds. The Hall–Kier alpha value is -1.36. The standard InChI is InChI=1S/C23H38O4S/c1-4-6-8-10-15-19-23(28(25,26)21-16-12-11-13-17-21)22(27-20(3)24)18-14-9-7-5-2/h11-13,16-17,22-23H,4-10,14-15,18-19H2,1-3H3. The summed E-state index contributed by atoms with van der Waals surface area (Å²) < 4.78 is 32.3. The maximum atomic E-state index is 13.4. The number of esters is 1. The van der Waals surface area contributed by atoms with E-state index in [4.69, 9.17) is 4.74 Å². The van der Waals surface area contributed by atoms with E-state index in [9.17, 15) is 13.2 Å². The molecule has 5 heteroatoms. The lowest BCUT2D eigenvalue weighted by molar-refractivity contribution is -0.146. The first-order valence-corrected chi connectivity index (χ1v) is 12.4. The van der Waals surface area contributed by atoms with Crippen LogP contribution in [0.15, 0.2) is 35.2 Å². The van der Waals surface area contributed by atoms with Gasteiger partial charge in [0.25, 0.3) is 0 Å². The van der Waals surface area contributed by atoms with Crippen LogP contribution in [0, 0.1) is 0 Å². The number of rotatable bonds is 15. The van der Waals surface area contributed by atoms with Crippen molar-refractivity contribution < 1.29 is 17.9 Å². The van der Waals surface area contributed by atoms with Gasteiger partial charge in [0.15, 0.2) is 9.84 Å². The average Bonchev–Trinajstić information content (AvgIpc) is 2.67. The molecule has 0 heterocycles. The molecule has 1 aromatic carbocycles. The van der Waals surface area contributed by atoms with E-state index in [1.165, 1.54) is 13.3 Å². The zero-order chi connectivity index (χ0) is 20.8. The highest BCUT2D eigenvalue weighted by atomic mass is 32.2. The van der Waals surface area contributed by atoms with E-state index in [0.29, 0.717) is 17.7 Å². The van der Waals surface area contributed by atoms with Crippen molar-refractivity contribution in [3.63, 3.8) is 0 Å². The number of benzene rings is 1. The Kier molecular flexibility index (Phi) is 12.1. The molecular formula is C23H38O4S. The molecule has 0 aliphatic heterocycles. The van der Waals surface area contributed by atoms with Crippen molar-refractivity contribution in [2.75, 3.05) is 0 Å². The molecule has 28 heavy (non-hydrogen) atoms. The SMILES string of the molecule is CCCCCCCC(C(CCCCCC)OC(C)=O)S(=O)(=O)c1ccccc1. The highest BCUT2D eigenvalue weighted by Crippen LogP contribution is 2.27. The highest BCUT2D eigenvalue weighted by Gasteiger charge is 2.36. The number of carbonyl (C=O) groups excluding carboxylic acids is 1. The summed E-state index contributed by atoms with van der Waals surface area (Å²) in [5, 5.41) is -0.679. The fraction of sp³-hybridized carbons (Fsp3) is 0.696. The van der Waals surface area contributed by atoms with Crippen molar-refractivity contribution >= 4 is 15.8 Å². The lowest BCUT2D eigenvalue weighted by atomic mass is 10.0. The first kappa shape index (κ1) is 24.7. The quantitative estimate of drug-likeness (QED) is 0.259. The van der Waals surface area contributed by atoms with E-state index >= 15 is 0 Å². The van der Waals surface area contributed by atoms with Crippen LogP contribution in [0.5, 0.6) is 0 Å². The molecule has 0 fully saturated rings. The summed E-state index contributed by atoms with van der Waals surface area (Å²) in [7, 11) is -3.56. The molecule has 2 atom stereocenters. The minimum Gasteiger partial charge on any atom is -0.461 e. The smallest absolute Gasteiger partial charge is 0.302 e. The number of hydrogen-bond acceptors (Lipinski definition) is 4. The van der Waals surface area contributed by atoms with Gasteiger partial charge in [-0.15, -0.1) is 0 Å². The Morgan fingerprint density at radius 2 is 1.39 bits per heavy atom. The Morgan fingerprint density at radius 1 is 0.857 bits per heavy atom. The summed E-state index contributed by atoms with van der Waals surface area (Å²) in [4.78, 5) is 12.0. The van der Waals surface area contributed by atoms with Gasteiger partial charge in [0, 0.05) is 6.92 Å². The van der Waals surface area contributed by atoms with Gasteiger partial charge in [-0.1, -0.05) is 83.4 Å². The van der Waals surface area contributed by atoms with E-state index in [2.05, 4.69) is 13.8 Å². The molecule has 0 saturated heterocycles. The third-order valence-electron chi connectivity index (χ3n) is 5.14. The summed E-state index contributed by atoms with van der Waals surface area (Å²) >= 11 is 0. The Labute approximate surface area is 172 Å². The van der Waals surface area contributed by atoms with E-state index in [0.717, 1.165) is 51.4 Å². The molecule has 1 rings (SSSR count). The molecular weight excluding hydrogens is 372 g/mol. The maximum absolute atomic E-state index is 13.4. The second-order valence-electron chi connectivity index (χ2n) is 7.60. The first-order chi connectivity index (χ1) is 13.4. The second kappa shape index (κ2) is 13.8. The van der Waals surface area contributed by atoms with Crippen LogP contribution < -0.4 is 0 Å². The summed E-state index contributed by atoms with van der Waals surface area (Å²) in [5.74, 6) is -0.403. The van der Waals surface area contributed by atoms with E-state index in [1.807, 2.05) is 6.07 Å². The van der Waals surface area contributed by atoms with Crippen molar-refractivity contribution in [2.45, 2.75) is 108 Å². The molecule has 0 radical (unpaired) electrons. The van der Waals surface area contributed by atoms with E-state index < -0.39 is 27.2 Å². The lowest BCUT2D eigenvalue weighted by Crippen LogP contribution is -2.37. The number of hydrogen-bond donors (Lipinski definition) is 0. The minimum atomic E-state index is -3.56. The van der Waals surface area contributed by atoms with Gasteiger partial charge in [-0.05, 0) is 31.4 Å². The van der Waals surface area contributed by atoms with Crippen LogP contribution in [-0.4, -0.2) is 25.7 Å². The first-order valence-electron chi connectivity index (χ1n) is 10.9. The topological polar surface area (TPSA) is 60.4 Å². The average molecular weight is 411 g/mol. The Morgan fingerprint density at radius 3 is 1.96 bits per heavy atom. The Bertz CT molecular complexity index is 640. The predicted octanol–water partition coefficient (Wildman–Crippen LogP) is 6.09. The van der Waals surface area contributed by atoms with Gasteiger partial charge in [-0.25, -0.2) is 8.42 Å². The summed E-state index contributed by atoms with van der Waals surface area (Å²) in [6.45, 7) is 5.67. The molecule has 2 unspecified atom stereocenters. The van der Waals surface area contributed by atoms with Crippen LogP contribution in [0.3, 0.4) is 0 Å². The summed E-state index contributed by atoms with van der Waals surface area (Å²) in [6, 6.07) is 8.58. The Balaban J connectivity index is 3.00. The molecule has 0 aliphatic carbocycles. The van der Waals surface area contributed by atoms with Gasteiger partial charge < -0.3 is 4.74 Å². The van der Waals surface area contributed by atoms with Crippen LogP contribution in [0.1, 0.15) is 91.4 Å². The summed E-state index contributed by atoms with van der Waals surface area (Å²) in [5.41, 5.74) is 0. The predicted molar refractivity (Wildman–Crippen MR) is 115 cm³/mol. The monoisotopic (exact) mass is 410 g/mol. The summed E-state index contributed by atoms with van der Waals surface area (Å²) in [6.07, 6.45) is 9.97. The minimum absolute atomic E-state index is 0.319. The zero-order valence-electron chi connectivity index (χ0n) is 17.9. The van der Waals surface area contributed by atoms with Crippen molar-refractivity contribution in [2.24, 2.45) is 0 Å². The highest BCUT2D eigenvalue weighted by molar-refractivity contribution is 7.92. The van der Waals surface area contributed by atoms with Crippen LogP contribution in [-0.2, 0) is 19.4 Å². The van der Waals surface area contributed by atoms with Gasteiger partial charge in [-0.3, -0.25) is 4.79 Å². The van der Waals surface area contributed by atoms with Crippen molar-refractivity contribution in [1.82, 2.24) is 0 Å². The van der Waals surface area contributed by atoms with Crippen LogP contribution in [0.25, 0.3) is 0 Å². The van der Waals surface area contributed by atoms with Gasteiger partial charge in [0.05, 0.1) is 4.90 Å². The molecule has 1 aromatic rings. The molecule has 0 N–H and O–H groups in total. The van der Waals surface area contributed by atoms with Gasteiger partial charge in [0.1, 0.15) is 11.4 Å². The molecule has 0 aliphatic rings. The van der Waals surface area contributed by atoms with Crippen LogP contribution in [0.2, 0.25) is 0 Å². The van der Waals surface area contributed by atoms with Gasteiger partial charge in [-0.2, -0.15) is 0 Å². The van der Waals surface area contributed by atoms with Crippen molar-refractivity contribution in [3.8, 4) is 0 Å². The third kappa shape index (κ3) is 8.76. The number of unbranched alkanes of at least 4 members (excludes halogenated alkanes) is 7. The number of carbonyl (C=O) groups is 1. The van der Waals surface area contributed by atoms with Crippen molar-refractivity contribution in [1.29, 1.82) is 0 Å². The number of sulfone groups is 1. The normalized spacial score (nSPS) is 13.8. The van der Waals surface area contributed by atoms with E-state index in [-0.39, 0.29) is 0 Å². The second-order valence-corrected chi connectivity index (χ2v) is 9.76. The van der Waals surface area contributed by atoms with Gasteiger partial charge >= 0.3 is 5.97 Å². The lowest BCUT2D eigenvalue weighted by Gasteiger charge is -2.27. The molecule has 0 saturated carbocycles. The zero-order valence-corrected chi connectivity index (χ0v) is 18.7. The molecule has 0 aromatic heterocycles. The molecule has 4 nitrogen and oxygen atoms in total. The number of ether oxygens (including phenoxy) is 1. The van der Waals surface area contributed by atoms with Gasteiger partial charge in [0.2, 0.25) is 0 Å². The third-order valence-corrected chi connectivity index (χ3v) is 7.40. The molecule has 0 spiro atoms.